The Hall–Kier alpha value is -1.43. The van der Waals surface area contributed by atoms with Crippen molar-refractivity contribution in [3.8, 4) is 11.5 Å². The van der Waals surface area contributed by atoms with Crippen LogP contribution in [0.15, 0.2) is 18.2 Å². The summed E-state index contributed by atoms with van der Waals surface area (Å²) in [5.41, 5.74) is 6.12. The highest BCUT2D eigenvalue weighted by Crippen LogP contribution is 2.27. The van der Waals surface area contributed by atoms with E-state index in [1.54, 1.807) is 13.0 Å². The Morgan fingerprint density at radius 3 is 2.59 bits per heavy atom. The van der Waals surface area contributed by atoms with Gasteiger partial charge in [-0.25, -0.2) is 0 Å². The monoisotopic (exact) mass is 259 g/mol. The zero-order valence-corrected chi connectivity index (χ0v) is 10.8. The molecule has 96 valence electrons. The Balaban J connectivity index is 2.89. The molecule has 5 nitrogen and oxygen atoms in total. The highest BCUT2D eigenvalue weighted by atomic mass is 32.2. The fourth-order valence-electron chi connectivity index (χ4n) is 1.29. The van der Waals surface area contributed by atoms with E-state index in [4.69, 9.17) is 14.7 Å². The van der Waals surface area contributed by atoms with E-state index in [2.05, 4.69) is 0 Å². The Labute approximate surface area is 102 Å². The van der Waals surface area contributed by atoms with E-state index in [1.165, 1.54) is 12.1 Å². The van der Waals surface area contributed by atoms with Gasteiger partial charge in [-0.05, 0) is 25.5 Å². The minimum Gasteiger partial charge on any atom is -0.492 e. The Bertz CT molecular complexity index is 470. The number of anilines is 1. The van der Waals surface area contributed by atoms with Crippen molar-refractivity contribution in [1.29, 1.82) is 0 Å². The smallest absolute Gasteiger partial charge is 0.309 e. The number of hydrogen-bond acceptors (Lipinski definition) is 5. The van der Waals surface area contributed by atoms with Gasteiger partial charge >= 0.3 is 10.1 Å². The maximum Gasteiger partial charge on any atom is 0.309 e. The quantitative estimate of drug-likeness (QED) is 0.622. The predicted octanol–water partition coefficient (Wildman–Crippen LogP) is 1.79. The Morgan fingerprint density at radius 2 is 2.00 bits per heavy atom. The van der Waals surface area contributed by atoms with Crippen LogP contribution in [-0.4, -0.2) is 20.8 Å². The molecule has 0 aliphatic carbocycles. The van der Waals surface area contributed by atoms with E-state index in [-0.39, 0.29) is 11.5 Å². The van der Waals surface area contributed by atoms with Gasteiger partial charge in [0, 0.05) is 6.07 Å². The molecule has 0 unspecified atom stereocenters. The van der Waals surface area contributed by atoms with Crippen LogP contribution in [0.3, 0.4) is 0 Å². The zero-order chi connectivity index (χ0) is 12.9. The molecule has 0 radical (unpaired) electrons. The number of hydrogen-bond donors (Lipinski definition) is 1. The van der Waals surface area contributed by atoms with Crippen LogP contribution in [0.5, 0.6) is 11.5 Å². The summed E-state index contributed by atoms with van der Waals surface area (Å²) in [6.45, 7) is 4.05. The molecule has 0 amide bonds. The number of nitrogen functional groups attached to an aromatic ring is 1. The van der Waals surface area contributed by atoms with Gasteiger partial charge in [0.2, 0.25) is 0 Å². The van der Waals surface area contributed by atoms with Crippen LogP contribution in [0.1, 0.15) is 20.3 Å². The van der Waals surface area contributed by atoms with E-state index in [9.17, 15) is 8.42 Å². The number of nitrogens with two attached hydrogens (primary N) is 1. The van der Waals surface area contributed by atoms with E-state index < -0.39 is 10.1 Å². The maximum atomic E-state index is 11.5. The van der Waals surface area contributed by atoms with E-state index in [1.807, 2.05) is 6.92 Å². The van der Waals surface area contributed by atoms with Gasteiger partial charge in [0.25, 0.3) is 0 Å². The van der Waals surface area contributed by atoms with Crippen molar-refractivity contribution in [2.45, 2.75) is 20.3 Å². The molecule has 0 saturated heterocycles. The molecule has 0 aliphatic heterocycles. The maximum absolute atomic E-state index is 11.5. The number of ether oxygens (including phenoxy) is 1. The molecular formula is C11H17NO4S. The minimum atomic E-state index is -3.53. The first-order valence-electron chi connectivity index (χ1n) is 5.43. The van der Waals surface area contributed by atoms with Crippen LogP contribution < -0.4 is 14.7 Å². The molecule has 0 bridgehead atoms. The van der Waals surface area contributed by atoms with Crippen LogP contribution in [0.25, 0.3) is 0 Å². The number of benzene rings is 1. The van der Waals surface area contributed by atoms with Gasteiger partial charge in [0.1, 0.15) is 11.5 Å². The molecule has 0 spiro atoms. The standard InChI is InChI=1S/C11H17NO4S/c1-3-7-17(13,14)16-9-5-6-10(12)11(8-9)15-4-2/h5-6,8H,3-4,7,12H2,1-2H3. The zero-order valence-electron chi connectivity index (χ0n) is 9.97. The molecule has 0 heterocycles. The van der Waals surface area contributed by atoms with Crippen LogP contribution >= 0.6 is 0 Å². The van der Waals surface area contributed by atoms with Gasteiger partial charge < -0.3 is 14.7 Å². The summed E-state index contributed by atoms with van der Waals surface area (Å²) in [7, 11) is -3.53. The largest absolute Gasteiger partial charge is 0.492 e. The lowest BCUT2D eigenvalue weighted by molar-refractivity contribution is 0.341. The lowest BCUT2D eigenvalue weighted by atomic mass is 10.3. The second kappa shape index (κ2) is 5.77. The molecule has 0 saturated carbocycles. The van der Waals surface area contributed by atoms with Gasteiger partial charge in [-0.2, -0.15) is 8.42 Å². The third-order valence-corrected chi connectivity index (χ3v) is 3.32. The van der Waals surface area contributed by atoms with Crippen molar-refractivity contribution in [3.63, 3.8) is 0 Å². The van der Waals surface area contributed by atoms with Crippen molar-refractivity contribution in [2.24, 2.45) is 0 Å². The first-order valence-corrected chi connectivity index (χ1v) is 7.00. The van der Waals surface area contributed by atoms with E-state index >= 15 is 0 Å². The fourth-order valence-corrected chi connectivity index (χ4v) is 2.27. The van der Waals surface area contributed by atoms with Gasteiger partial charge in [0.15, 0.2) is 0 Å². The second-order valence-electron chi connectivity index (χ2n) is 3.48. The molecular weight excluding hydrogens is 242 g/mol. The number of rotatable bonds is 6. The summed E-state index contributed by atoms with van der Waals surface area (Å²) in [6, 6.07) is 4.54. The lowest BCUT2D eigenvalue weighted by Gasteiger charge is -2.10. The van der Waals surface area contributed by atoms with Crippen molar-refractivity contribution >= 4 is 15.8 Å². The first-order chi connectivity index (χ1) is 7.98. The van der Waals surface area contributed by atoms with E-state index in [0.717, 1.165) is 0 Å². The fraction of sp³-hybridized carbons (Fsp3) is 0.455. The molecule has 1 aromatic rings. The van der Waals surface area contributed by atoms with Crippen molar-refractivity contribution in [3.05, 3.63) is 18.2 Å². The minimum absolute atomic E-state index is 0.0126. The Kier molecular flexibility index (Phi) is 4.62. The van der Waals surface area contributed by atoms with Crippen LogP contribution in [0, 0.1) is 0 Å². The van der Waals surface area contributed by atoms with Crippen molar-refractivity contribution < 1.29 is 17.3 Å². The normalized spacial score (nSPS) is 11.2. The molecule has 0 aliphatic rings. The molecule has 1 rings (SSSR count). The topological polar surface area (TPSA) is 78.6 Å². The van der Waals surface area contributed by atoms with Crippen molar-refractivity contribution in [2.75, 3.05) is 18.1 Å². The second-order valence-corrected chi connectivity index (χ2v) is 5.17. The third kappa shape index (κ3) is 4.14. The predicted molar refractivity (Wildman–Crippen MR) is 66.7 cm³/mol. The van der Waals surface area contributed by atoms with Gasteiger partial charge in [-0.15, -0.1) is 0 Å². The molecule has 0 fully saturated rings. The summed E-state index contributed by atoms with van der Waals surface area (Å²) in [4.78, 5) is 0. The molecule has 1 aromatic carbocycles. The van der Waals surface area contributed by atoms with Gasteiger partial charge in [-0.3, -0.25) is 0 Å². The molecule has 2 N–H and O–H groups in total. The highest BCUT2D eigenvalue weighted by molar-refractivity contribution is 7.87. The SMILES string of the molecule is CCCS(=O)(=O)Oc1ccc(N)c(OCC)c1. The van der Waals surface area contributed by atoms with E-state index in [0.29, 0.717) is 24.5 Å². The average molecular weight is 259 g/mol. The van der Waals surface area contributed by atoms with Gasteiger partial charge in [-0.1, -0.05) is 6.92 Å². The average Bonchev–Trinajstić information content (AvgIpc) is 2.23. The summed E-state index contributed by atoms with van der Waals surface area (Å²) >= 11 is 0. The summed E-state index contributed by atoms with van der Waals surface area (Å²) < 4.78 is 33.1. The van der Waals surface area contributed by atoms with Crippen molar-refractivity contribution in [1.82, 2.24) is 0 Å². The third-order valence-electron chi connectivity index (χ3n) is 1.96. The van der Waals surface area contributed by atoms with Crippen LogP contribution in [0.4, 0.5) is 5.69 Å². The lowest BCUT2D eigenvalue weighted by Crippen LogP contribution is -2.13. The Morgan fingerprint density at radius 1 is 1.29 bits per heavy atom. The summed E-state index contributed by atoms with van der Waals surface area (Å²) in [5, 5.41) is 0. The van der Waals surface area contributed by atoms with Crippen LogP contribution in [0.2, 0.25) is 0 Å². The molecule has 6 heteroatoms. The highest BCUT2D eigenvalue weighted by Gasteiger charge is 2.12. The van der Waals surface area contributed by atoms with Crippen LogP contribution in [-0.2, 0) is 10.1 Å². The molecule has 0 aromatic heterocycles. The summed E-state index contributed by atoms with van der Waals surface area (Å²) in [5.74, 6) is 0.634. The first kappa shape index (κ1) is 13.6. The van der Waals surface area contributed by atoms with Gasteiger partial charge in [0.05, 0.1) is 18.0 Å². The molecule has 17 heavy (non-hydrogen) atoms. The molecule has 0 atom stereocenters. The summed E-state index contributed by atoms with van der Waals surface area (Å²) in [6.07, 6.45) is 0.510.